The molecule has 0 aromatic carbocycles. The van der Waals surface area contributed by atoms with Crippen molar-refractivity contribution in [3.63, 3.8) is 0 Å². The van der Waals surface area contributed by atoms with Crippen molar-refractivity contribution in [1.29, 1.82) is 0 Å². The average molecular weight is 246 g/mol. The van der Waals surface area contributed by atoms with E-state index in [4.69, 9.17) is 9.47 Å². The van der Waals surface area contributed by atoms with Gasteiger partial charge in [-0.1, -0.05) is 0 Å². The van der Waals surface area contributed by atoms with Gasteiger partial charge in [-0.25, -0.2) is 0 Å². The van der Waals surface area contributed by atoms with Crippen molar-refractivity contribution in [2.24, 2.45) is 0 Å². The molecular formula is C13H30N2O2. The van der Waals surface area contributed by atoms with E-state index in [0.29, 0.717) is 0 Å². The topological polar surface area (TPSA) is 33.7 Å². The summed E-state index contributed by atoms with van der Waals surface area (Å²) in [6.45, 7) is 9.01. The molecular weight excluding hydrogens is 216 g/mol. The Labute approximate surface area is 107 Å². The number of nitrogens with zero attached hydrogens (tertiary/aromatic N) is 1. The number of hydrogen-bond acceptors (Lipinski definition) is 4. The highest BCUT2D eigenvalue weighted by molar-refractivity contribution is 4.55. The van der Waals surface area contributed by atoms with Crippen molar-refractivity contribution in [2.45, 2.75) is 26.2 Å². The molecule has 0 bridgehead atoms. The third-order valence-corrected chi connectivity index (χ3v) is 2.65. The zero-order chi connectivity index (χ0) is 12.8. The molecule has 0 saturated heterocycles. The molecule has 0 unspecified atom stereocenters. The van der Waals surface area contributed by atoms with Gasteiger partial charge in [-0.15, -0.1) is 0 Å². The number of unbranched alkanes of at least 4 members (excludes halogenated alkanes) is 1. The summed E-state index contributed by atoms with van der Waals surface area (Å²) in [5, 5.41) is 3.46. The zero-order valence-corrected chi connectivity index (χ0v) is 11.8. The number of rotatable bonds is 13. The molecule has 4 nitrogen and oxygen atoms in total. The smallest absolute Gasteiger partial charge is 0.0474 e. The molecule has 0 saturated carbocycles. The van der Waals surface area contributed by atoms with Gasteiger partial charge in [-0.2, -0.15) is 0 Å². The Kier molecular flexibility index (Phi) is 13.8. The van der Waals surface area contributed by atoms with Gasteiger partial charge in [0.1, 0.15) is 0 Å². The molecule has 17 heavy (non-hydrogen) atoms. The second-order valence-electron chi connectivity index (χ2n) is 4.30. The Bertz CT molecular complexity index is 145. The molecule has 1 N–H and O–H groups in total. The number of hydrogen-bond donors (Lipinski definition) is 1. The Hall–Kier alpha value is -0.160. The van der Waals surface area contributed by atoms with E-state index in [2.05, 4.69) is 17.3 Å². The molecule has 0 atom stereocenters. The van der Waals surface area contributed by atoms with Gasteiger partial charge in [-0.3, -0.25) is 0 Å². The van der Waals surface area contributed by atoms with Gasteiger partial charge in [-0.05, 0) is 39.8 Å². The lowest BCUT2D eigenvalue weighted by atomic mass is 10.3. The summed E-state index contributed by atoms with van der Waals surface area (Å²) in [4.78, 5) is 2.34. The molecule has 0 spiro atoms. The summed E-state index contributed by atoms with van der Waals surface area (Å²) >= 11 is 0. The number of nitrogens with one attached hydrogen (secondary N) is 1. The van der Waals surface area contributed by atoms with Crippen molar-refractivity contribution < 1.29 is 9.47 Å². The first-order valence-electron chi connectivity index (χ1n) is 6.77. The first-order valence-corrected chi connectivity index (χ1v) is 6.77. The van der Waals surface area contributed by atoms with Crippen LogP contribution in [0.25, 0.3) is 0 Å². The second-order valence-corrected chi connectivity index (χ2v) is 4.30. The normalized spacial score (nSPS) is 11.3. The Morgan fingerprint density at radius 2 is 1.82 bits per heavy atom. The number of likely N-dealkylation sites (N-methyl/N-ethyl adjacent to an activating group) is 1. The van der Waals surface area contributed by atoms with E-state index in [9.17, 15) is 0 Å². The largest absolute Gasteiger partial charge is 0.385 e. The minimum atomic E-state index is 0.833. The van der Waals surface area contributed by atoms with Gasteiger partial charge >= 0.3 is 0 Å². The minimum Gasteiger partial charge on any atom is -0.385 e. The monoisotopic (exact) mass is 246 g/mol. The summed E-state index contributed by atoms with van der Waals surface area (Å²) in [5.74, 6) is 0. The van der Waals surface area contributed by atoms with Crippen LogP contribution in [0.15, 0.2) is 0 Å². The van der Waals surface area contributed by atoms with Crippen molar-refractivity contribution in [3.05, 3.63) is 0 Å². The van der Waals surface area contributed by atoms with Crippen molar-refractivity contribution in [2.75, 3.05) is 60.2 Å². The maximum absolute atomic E-state index is 5.29. The van der Waals surface area contributed by atoms with Crippen molar-refractivity contribution in [1.82, 2.24) is 10.2 Å². The summed E-state index contributed by atoms with van der Waals surface area (Å²) in [7, 11) is 3.91. The van der Waals surface area contributed by atoms with Crippen LogP contribution >= 0.6 is 0 Å². The summed E-state index contributed by atoms with van der Waals surface area (Å²) < 4.78 is 10.3. The molecule has 0 fully saturated rings. The second kappa shape index (κ2) is 13.9. The minimum absolute atomic E-state index is 0.833. The van der Waals surface area contributed by atoms with Crippen LogP contribution < -0.4 is 5.32 Å². The van der Waals surface area contributed by atoms with E-state index in [1.54, 1.807) is 7.11 Å². The van der Waals surface area contributed by atoms with Crippen molar-refractivity contribution >= 4 is 0 Å². The van der Waals surface area contributed by atoms with Crippen LogP contribution in [0.3, 0.4) is 0 Å². The molecule has 104 valence electrons. The number of ether oxygens (including phenoxy) is 2. The van der Waals surface area contributed by atoms with Crippen LogP contribution in [0.2, 0.25) is 0 Å². The molecule has 0 radical (unpaired) electrons. The Morgan fingerprint density at radius 3 is 2.53 bits per heavy atom. The third-order valence-electron chi connectivity index (χ3n) is 2.65. The van der Waals surface area contributed by atoms with E-state index < -0.39 is 0 Å². The first kappa shape index (κ1) is 16.8. The van der Waals surface area contributed by atoms with E-state index in [1.807, 2.05) is 6.92 Å². The lowest BCUT2D eigenvalue weighted by Crippen LogP contribution is -2.30. The Morgan fingerprint density at radius 1 is 1.00 bits per heavy atom. The predicted octanol–water partition coefficient (Wildman–Crippen LogP) is 1.36. The standard InChI is InChI=1S/C13H30N2O2/c1-4-17-13-6-5-8-14-9-11-15(2)10-7-12-16-3/h14H,4-13H2,1-3H3. The predicted molar refractivity (Wildman–Crippen MR) is 72.6 cm³/mol. The summed E-state index contributed by atoms with van der Waals surface area (Å²) in [6.07, 6.45) is 3.47. The fraction of sp³-hybridized carbons (Fsp3) is 1.00. The van der Waals surface area contributed by atoms with Gasteiger partial charge in [0.15, 0.2) is 0 Å². The van der Waals surface area contributed by atoms with Crippen molar-refractivity contribution in [3.8, 4) is 0 Å². The first-order chi connectivity index (χ1) is 8.31. The SMILES string of the molecule is CCOCCCCNCCN(C)CCCOC. The third kappa shape index (κ3) is 13.8. The maximum atomic E-state index is 5.29. The maximum Gasteiger partial charge on any atom is 0.0474 e. The van der Waals surface area contributed by atoms with Gasteiger partial charge in [0.05, 0.1) is 0 Å². The summed E-state index contributed by atoms with van der Waals surface area (Å²) in [6, 6.07) is 0. The van der Waals surface area contributed by atoms with E-state index in [0.717, 1.165) is 58.8 Å². The van der Waals surface area contributed by atoms with E-state index >= 15 is 0 Å². The molecule has 0 heterocycles. The Balaban J connectivity index is 3.05. The lowest BCUT2D eigenvalue weighted by Gasteiger charge is -2.16. The molecule has 0 aliphatic rings. The molecule has 0 aromatic heterocycles. The highest BCUT2D eigenvalue weighted by Crippen LogP contribution is 1.89. The average Bonchev–Trinajstić information content (AvgIpc) is 2.33. The van der Waals surface area contributed by atoms with Crippen LogP contribution in [0, 0.1) is 0 Å². The van der Waals surface area contributed by atoms with Crippen LogP contribution in [0.1, 0.15) is 26.2 Å². The highest BCUT2D eigenvalue weighted by atomic mass is 16.5. The van der Waals surface area contributed by atoms with Gasteiger partial charge in [0.2, 0.25) is 0 Å². The summed E-state index contributed by atoms with van der Waals surface area (Å²) in [5.41, 5.74) is 0. The molecule has 4 heteroatoms. The fourth-order valence-corrected chi connectivity index (χ4v) is 1.58. The van der Waals surface area contributed by atoms with E-state index in [-0.39, 0.29) is 0 Å². The lowest BCUT2D eigenvalue weighted by molar-refractivity contribution is 0.143. The van der Waals surface area contributed by atoms with E-state index in [1.165, 1.54) is 6.42 Å². The van der Waals surface area contributed by atoms with Crippen LogP contribution in [-0.2, 0) is 9.47 Å². The molecule has 0 aliphatic heterocycles. The molecule has 0 rings (SSSR count). The van der Waals surface area contributed by atoms with Gasteiger partial charge in [0, 0.05) is 46.6 Å². The van der Waals surface area contributed by atoms with Crippen LogP contribution in [0.5, 0.6) is 0 Å². The van der Waals surface area contributed by atoms with Gasteiger partial charge in [0.25, 0.3) is 0 Å². The zero-order valence-electron chi connectivity index (χ0n) is 11.8. The fourth-order valence-electron chi connectivity index (χ4n) is 1.58. The molecule has 0 aliphatic carbocycles. The van der Waals surface area contributed by atoms with Gasteiger partial charge < -0.3 is 19.7 Å². The quantitative estimate of drug-likeness (QED) is 0.498. The van der Waals surface area contributed by atoms with Crippen LogP contribution in [-0.4, -0.2) is 65.1 Å². The molecule has 0 aromatic rings. The number of methoxy groups -OCH3 is 1. The highest BCUT2D eigenvalue weighted by Gasteiger charge is 1.97. The molecule has 0 amide bonds. The van der Waals surface area contributed by atoms with Crippen LogP contribution in [0.4, 0.5) is 0 Å².